The molecule has 2 N–H and O–H groups in total. The van der Waals surface area contributed by atoms with E-state index in [1.165, 1.54) is 13.5 Å². The number of ether oxygens (including phenoxy) is 1. The second-order valence-corrected chi connectivity index (χ2v) is 6.12. The van der Waals surface area contributed by atoms with Crippen molar-refractivity contribution >= 4 is 5.97 Å². The molecule has 4 heteroatoms. The van der Waals surface area contributed by atoms with E-state index < -0.39 is 0 Å². The summed E-state index contributed by atoms with van der Waals surface area (Å²) in [6.45, 7) is 2.33. The van der Waals surface area contributed by atoms with Gasteiger partial charge in [0.25, 0.3) is 0 Å². The van der Waals surface area contributed by atoms with Gasteiger partial charge in [-0.15, -0.1) is 0 Å². The molecule has 0 aromatic rings. The summed E-state index contributed by atoms with van der Waals surface area (Å²) in [4.78, 5) is 11.8. The van der Waals surface area contributed by atoms with Crippen molar-refractivity contribution < 1.29 is 14.6 Å². The molecule has 0 saturated heterocycles. The van der Waals surface area contributed by atoms with Gasteiger partial charge in [-0.1, -0.05) is 19.8 Å². The van der Waals surface area contributed by atoms with Gasteiger partial charge in [-0.05, 0) is 37.5 Å². The number of carbonyl (C=O) groups is 1. The minimum Gasteiger partial charge on any atom is -0.468 e. The molecule has 2 aliphatic rings. The van der Waals surface area contributed by atoms with Crippen LogP contribution in [0.5, 0.6) is 0 Å². The molecular weight excluding hydrogens is 230 g/mol. The fourth-order valence-corrected chi connectivity index (χ4v) is 3.24. The van der Waals surface area contributed by atoms with Crippen molar-refractivity contribution in [3.05, 3.63) is 0 Å². The van der Waals surface area contributed by atoms with Crippen LogP contribution in [0.2, 0.25) is 0 Å². The molecule has 18 heavy (non-hydrogen) atoms. The van der Waals surface area contributed by atoms with E-state index in [4.69, 9.17) is 4.74 Å². The van der Waals surface area contributed by atoms with Crippen molar-refractivity contribution in [3.63, 3.8) is 0 Å². The molecule has 0 bridgehead atoms. The molecular formula is C14H25NO3. The lowest BCUT2D eigenvalue weighted by molar-refractivity contribution is -0.144. The van der Waals surface area contributed by atoms with E-state index in [0.717, 1.165) is 32.1 Å². The molecule has 2 saturated carbocycles. The van der Waals surface area contributed by atoms with Crippen molar-refractivity contribution in [2.24, 2.45) is 11.8 Å². The third kappa shape index (κ3) is 3.04. The Morgan fingerprint density at radius 3 is 2.72 bits per heavy atom. The summed E-state index contributed by atoms with van der Waals surface area (Å²) in [5.74, 6) is 0.831. The summed E-state index contributed by atoms with van der Waals surface area (Å²) in [7, 11) is 1.44. The lowest BCUT2D eigenvalue weighted by Crippen LogP contribution is -2.58. The summed E-state index contributed by atoms with van der Waals surface area (Å²) < 4.78 is 4.89. The number of carbonyl (C=O) groups excluding carboxylic acids is 1. The van der Waals surface area contributed by atoms with E-state index in [0.29, 0.717) is 11.8 Å². The molecule has 3 unspecified atom stereocenters. The molecule has 0 heterocycles. The monoisotopic (exact) mass is 255 g/mol. The van der Waals surface area contributed by atoms with Gasteiger partial charge in [0.2, 0.25) is 0 Å². The highest BCUT2D eigenvalue weighted by Crippen LogP contribution is 2.37. The van der Waals surface area contributed by atoms with Gasteiger partial charge in [0.1, 0.15) is 6.04 Å². The van der Waals surface area contributed by atoms with Gasteiger partial charge in [-0.25, -0.2) is 0 Å². The predicted octanol–water partition coefficient (Wildman–Crippen LogP) is 1.47. The largest absolute Gasteiger partial charge is 0.468 e. The summed E-state index contributed by atoms with van der Waals surface area (Å²) in [6.07, 6.45) is 6.41. The standard InChI is InChI=1S/C14H25NO3/c1-10-4-3-7-14(8-10,9-16)15-12(11-5-6-11)13(17)18-2/h10-12,15-16H,3-9H2,1-2H3. The second-order valence-electron chi connectivity index (χ2n) is 6.12. The van der Waals surface area contributed by atoms with Gasteiger partial charge >= 0.3 is 5.97 Å². The lowest BCUT2D eigenvalue weighted by atomic mass is 9.76. The first-order valence-corrected chi connectivity index (χ1v) is 7.06. The van der Waals surface area contributed by atoms with Gasteiger partial charge in [0.15, 0.2) is 0 Å². The molecule has 0 aromatic carbocycles. The maximum Gasteiger partial charge on any atom is 0.323 e. The first-order valence-electron chi connectivity index (χ1n) is 7.06. The number of esters is 1. The Hall–Kier alpha value is -0.610. The lowest BCUT2D eigenvalue weighted by Gasteiger charge is -2.41. The highest BCUT2D eigenvalue weighted by atomic mass is 16.5. The highest BCUT2D eigenvalue weighted by Gasteiger charge is 2.43. The zero-order valence-electron chi connectivity index (χ0n) is 11.4. The van der Waals surface area contributed by atoms with Gasteiger partial charge in [0.05, 0.1) is 13.7 Å². The number of methoxy groups -OCH3 is 1. The van der Waals surface area contributed by atoms with Crippen LogP contribution in [-0.4, -0.2) is 36.4 Å². The summed E-state index contributed by atoms with van der Waals surface area (Å²) in [6, 6.07) is -0.229. The molecule has 0 aromatic heterocycles. The Morgan fingerprint density at radius 1 is 1.50 bits per heavy atom. The molecule has 0 amide bonds. The van der Waals surface area contributed by atoms with Crippen LogP contribution >= 0.6 is 0 Å². The Labute approximate surface area is 109 Å². The summed E-state index contributed by atoms with van der Waals surface area (Å²) >= 11 is 0. The molecule has 2 aliphatic carbocycles. The Bertz CT molecular complexity index is 303. The van der Waals surface area contributed by atoms with E-state index in [1.54, 1.807) is 0 Å². The van der Waals surface area contributed by atoms with Crippen LogP contribution < -0.4 is 5.32 Å². The second kappa shape index (κ2) is 5.57. The average Bonchev–Trinajstić information content (AvgIpc) is 3.19. The normalized spacial score (nSPS) is 34.1. The Balaban J connectivity index is 2.04. The average molecular weight is 255 g/mol. The highest BCUT2D eigenvalue weighted by molar-refractivity contribution is 5.76. The van der Waals surface area contributed by atoms with Crippen molar-refractivity contribution in [2.45, 2.75) is 57.0 Å². The summed E-state index contributed by atoms with van der Waals surface area (Å²) in [5.41, 5.74) is -0.279. The van der Waals surface area contributed by atoms with E-state index in [2.05, 4.69) is 12.2 Å². The first-order chi connectivity index (χ1) is 8.60. The minimum absolute atomic E-state index is 0.109. The first kappa shape index (κ1) is 13.8. The van der Waals surface area contributed by atoms with Crippen LogP contribution in [0.15, 0.2) is 0 Å². The number of aliphatic hydroxyl groups excluding tert-OH is 1. The Kier molecular flexibility index (Phi) is 4.28. The van der Waals surface area contributed by atoms with Crippen molar-refractivity contribution in [1.29, 1.82) is 0 Å². The number of rotatable bonds is 5. The molecule has 0 radical (unpaired) electrons. The zero-order chi connectivity index (χ0) is 13.2. The van der Waals surface area contributed by atoms with Gasteiger partial charge in [-0.3, -0.25) is 10.1 Å². The summed E-state index contributed by atoms with van der Waals surface area (Å²) in [5, 5.41) is 13.2. The van der Waals surface area contributed by atoms with Gasteiger partial charge < -0.3 is 9.84 Å². The van der Waals surface area contributed by atoms with Crippen LogP contribution in [0.1, 0.15) is 45.4 Å². The number of hydrogen-bond acceptors (Lipinski definition) is 4. The zero-order valence-corrected chi connectivity index (χ0v) is 11.4. The van der Waals surface area contributed by atoms with Gasteiger partial charge in [-0.2, -0.15) is 0 Å². The number of hydrogen-bond donors (Lipinski definition) is 2. The molecule has 3 atom stereocenters. The SMILES string of the molecule is COC(=O)C(NC1(CO)CCCC(C)C1)C1CC1. The van der Waals surface area contributed by atoms with Crippen LogP contribution in [0.4, 0.5) is 0 Å². The van der Waals surface area contributed by atoms with Crippen molar-refractivity contribution in [2.75, 3.05) is 13.7 Å². The molecule has 104 valence electrons. The van der Waals surface area contributed by atoms with E-state index in [9.17, 15) is 9.90 Å². The minimum atomic E-state index is -0.279. The molecule has 2 fully saturated rings. The van der Waals surface area contributed by atoms with Crippen molar-refractivity contribution in [1.82, 2.24) is 5.32 Å². The van der Waals surface area contributed by atoms with E-state index in [-0.39, 0.29) is 24.2 Å². The smallest absolute Gasteiger partial charge is 0.323 e. The number of nitrogens with one attached hydrogen (secondary N) is 1. The van der Waals surface area contributed by atoms with Crippen LogP contribution in [0.25, 0.3) is 0 Å². The molecule has 2 rings (SSSR count). The van der Waals surface area contributed by atoms with Crippen LogP contribution in [-0.2, 0) is 9.53 Å². The predicted molar refractivity (Wildman–Crippen MR) is 69.1 cm³/mol. The maximum absolute atomic E-state index is 11.8. The van der Waals surface area contributed by atoms with Crippen molar-refractivity contribution in [3.8, 4) is 0 Å². The topological polar surface area (TPSA) is 58.6 Å². The fourth-order valence-electron chi connectivity index (χ4n) is 3.24. The van der Waals surface area contributed by atoms with Crippen LogP contribution in [0, 0.1) is 11.8 Å². The Morgan fingerprint density at radius 2 is 2.22 bits per heavy atom. The van der Waals surface area contributed by atoms with Crippen LogP contribution in [0.3, 0.4) is 0 Å². The molecule has 0 spiro atoms. The fraction of sp³-hybridized carbons (Fsp3) is 0.929. The van der Waals surface area contributed by atoms with E-state index >= 15 is 0 Å². The van der Waals surface area contributed by atoms with E-state index in [1.807, 2.05) is 0 Å². The molecule has 4 nitrogen and oxygen atoms in total. The quantitative estimate of drug-likeness (QED) is 0.730. The van der Waals surface area contributed by atoms with Gasteiger partial charge in [0, 0.05) is 5.54 Å². The number of aliphatic hydroxyl groups is 1. The third-order valence-corrected chi connectivity index (χ3v) is 4.40. The maximum atomic E-state index is 11.8. The third-order valence-electron chi connectivity index (χ3n) is 4.40. The molecule has 0 aliphatic heterocycles.